The van der Waals surface area contributed by atoms with Crippen LogP contribution in [0.5, 0.6) is 0 Å². The zero-order valence-corrected chi connectivity index (χ0v) is 20.8. The predicted octanol–water partition coefficient (Wildman–Crippen LogP) is 5.51. The first-order valence-electron chi connectivity index (χ1n) is 11.9. The van der Waals surface area contributed by atoms with E-state index < -0.39 is 8.07 Å². The summed E-state index contributed by atoms with van der Waals surface area (Å²) in [6.45, 7) is 9.79. The predicted molar refractivity (Wildman–Crippen MR) is 140 cm³/mol. The van der Waals surface area contributed by atoms with E-state index >= 15 is 0 Å². The van der Waals surface area contributed by atoms with Crippen LogP contribution in [0.2, 0.25) is 13.1 Å². The highest BCUT2D eigenvalue weighted by molar-refractivity contribution is 6.97. The van der Waals surface area contributed by atoms with Gasteiger partial charge in [0.15, 0.2) is 5.71 Å². The van der Waals surface area contributed by atoms with Crippen molar-refractivity contribution < 1.29 is 4.58 Å². The Hall–Kier alpha value is -2.36. The van der Waals surface area contributed by atoms with Crippen LogP contribution in [0.3, 0.4) is 0 Å². The average Bonchev–Trinajstić information content (AvgIpc) is 2.72. The molecule has 2 aromatic carbocycles. The Morgan fingerprint density at radius 1 is 0.969 bits per heavy atom. The van der Waals surface area contributed by atoms with Crippen molar-refractivity contribution in [3.05, 3.63) is 76.5 Å². The summed E-state index contributed by atoms with van der Waals surface area (Å²) >= 11 is 6.39. The molecule has 0 atom stereocenters. The van der Waals surface area contributed by atoms with Gasteiger partial charge < -0.3 is 4.90 Å². The highest BCUT2D eigenvalue weighted by Gasteiger charge is 2.39. The molecule has 4 heteroatoms. The SMILES string of the molecule is C[Si]1(C)C2=CC(=[N+]3CCC3)C=CC2=Cc2c(-c3ccccc3CCl)cc(N3CCC3)cc21. The van der Waals surface area contributed by atoms with Crippen LogP contribution in [0.1, 0.15) is 24.0 Å². The molecule has 2 aromatic rings. The van der Waals surface area contributed by atoms with Crippen molar-refractivity contribution >= 4 is 42.3 Å². The molecule has 0 radical (unpaired) electrons. The van der Waals surface area contributed by atoms with Gasteiger partial charge in [-0.1, -0.05) is 37.4 Å². The summed E-state index contributed by atoms with van der Waals surface area (Å²) in [4.78, 5) is 2.53. The van der Waals surface area contributed by atoms with Gasteiger partial charge >= 0.3 is 0 Å². The van der Waals surface area contributed by atoms with E-state index in [4.69, 9.17) is 11.6 Å². The van der Waals surface area contributed by atoms with E-state index in [-0.39, 0.29) is 0 Å². The molecule has 0 unspecified atom stereocenters. The van der Waals surface area contributed by atoms with Crippen molar-refractivity contribution in [3.63, 3.8) is 0 Å². The fourth-order valence-electron chi connectivity index (χ4n) is 5.47. The minimum atomic E-state index is -1.87. The van der Waals surface area contributed by atoms with Gasteiger partial charge in [0.1, 0.15) is 21.2 Å². The third-order valence-electron chi connectivity index (χ3n) is 7.74. The van der Waals surface area contributed by atoms with E-state index in [0.29, 0.717) is 5.88 Å². The van der Waals surface area contributed by atoms with Crippen LogP contribution in [0, 0.1) is 0 Å². The van der Waals surface area contributed by atoms with Gasteiger partial charge in [-0.2, -0.15) is 0 Å². The number of benzene rings is 2. The van der Waals surface area contributed by atoms with E-state index in [9.17, 15) is 0 Å². The van der Waals surface area contributed by atoms with Crippen molar-refractivity contribution in [2.75, 3.05) is 31.1 Å². The minimum Gasteiger partial charge on any atom is -0.371 e. The average molecular weight is 458 g/mol. The second kappa shape index (κ2) is 7.60. The summed E-state index contributed by atoms with van der Waals surface area (Å²) < 4.78 is 2.51. The molecule has 2 nitrogen and oxygen atoms in total. The highest BCUT2D eigenvalue weighted by atomic mass is 35.5. The lowest BCUT2D eigenvalue weighted by molar-refractivity contribution is -0.582. The molecule has 162 valence electrons. The van der Waals surface area contributed by atoms with Crippen molar-refractivity contribution in [3.8, 4) is 11.1 Å². The van der Waals surface area contributed by atoms with Gasteiger partial charge in [0.2, 0.25) is 0 Å². The Morgan fingerprint density at radius 2 is 1.78 bits per heavy atom. The summed E-state index contributed by atoms with van der Waals surface area (Å²) in [5.41, 5.74) is 9.43. The van der Waals surface area contributed by atoms with E-state index in [2.05, 4.69) is 83.3 Å². The van der Waals surface area contributed by atoms with Crippen LogP contribution in [0.15, 0.2) is 65.4 Å². The van der Waals surface area contributed by atoms with Gasteiger partial charge in [-0.05, 0) is 68.9 Å². The maximum atomic E-state index is 6.39. The first-order chi connectivity index (χ1) is 15.6. The molecular weight excluding hydrogens is 428 g/mol. The van der Waals surface area contributed by atoms with Gasteiger partial charge in [0.25, 0.3) is 0 Å². The third-order valence-corrected chi connectivity index (χ3v) is 11.6. The summed E-state index contributed by atoms with van der Waals surface area (Å²) in [7, 11) is -1.87. The highest BCUT2D eigenvalue weighted by Crippen LogP contribution is 2.40. The van der Waals surface area contributed by atoms with Gasteiger partial charge in [-0.3, -0.25) is 0 Å². The fraction of sp³-hybridized carbons (Fsp3) is 0.321. The third kappa shape index (κ3) is 3.09. The summed E-state index contributed by atoms with van der Waals surface area (Å²) in [5, 5.41) is 3.14. The molecular formula is C28H30ClN2Si+. The molecule has 0 spiro atoms. The number of anilines is 1. The van der Waals surface area contributed by atoms with Crippen LogP contribution >= 0.6 is 11.6 Å². The monoisotopic (exact) mass is 457 g/mol. The quantitative estimate of drug-likeness (QED) is 0.334. The second-order valence-corrected chi connectivity index (χ2v) is 14.6. The molecule has 0 saturated carbocycles. The number of halogens is 1. The Morgan fingerprint density at radius 3 is 2.47 bits per heavy atom. The Labute approximate surface area is 197 Å². The summed E-state index contributed by atoms with van der Waals surface area (Å²) in [6.07, 6.45) is 12.2. The van der Waals surface area contributed by atoms with Crippen LogP contribution in [0.25, 0.3) is 17.2 Å². The van der Waals surface area contributed by atoms with E-state index in [1.807, 2.05) is 0 Å². The lowest BCUT2D eigenvalue weighted by atomic mass is 9.92. The number of hydrogen-bond donors (Lipinski definition) is 0. The van der Waals surface area contributed by atoms with Crippen molar-refractivity contribution in [2.24, 2.45) is 0 Å². The van der Waals surface area contributed by atoms with Gasteiger partial charge in [-0.15, -0.1) is 11.6 Å². The molecule has 0 N–H and O–H groups in total. The second-order valence-electron chi connectivity index (χ2n) is 9.97. The minimum absolute atomic E-state index is 0.537. The zero-order valence-electron chi connectivity index (χ0n) is 19.0. The lowest BCUT2D eigenvalue weighted by Gasteiger charge is -2.39. The van der Waals surface area contributed by atoms with Crippen LogP contribution < -0.4 is 10.1 Å². The molecule has 0 bridgehead atoms. The molecule has 2 saturated heterocycles. The zero-order chi connectivity index (χ0) is 21.9. The fourth-order valence-corrected chi connectivity index (χ4v) is 8.77. The van der Waals surface area contributed by atoms with Crippen LogP contribution in [0.4, 0.5) is 5.69 Å². The normalized spacial score (nSPS) is 20.7. The molecule has 0 aromatic heterocycles. The number of alkyl halides is 1. The van der Waals surface area contributed by atoms with Gasteiger partial charge in [0, 0.05) is 36.8 Å². The molecule has 0 amide bonds. The van der Waals surface area contributed by atoms with Crippen molar-refractivity contribution in [2.45, 2.75) is 31.8 Å². The molecule has 4 aliphatic rings. The largest absolute Gasteiger partial charge is 0.371 e. The van der Waals surface area contributed by atoms with Crippen molar-refractivity contribution in [1.82, 2.24) is 0 Å². The lowest BCUT2D eigenvalue weighted by Crippen LogP contribution is -2.49. The number of nitrogens with zero attached hydrogens (tertiary/aromatic N) is 2. The van der Waals surface area contributed by atoms with Crippen LogP contribution in [-0.4, -0.2) is 44.5 Å². The van der Waals surface area contributed by atoms with Gasteiger partial charge in [-0.25, -0.2) is 4.58 Å². The summed E-state index contributed by atoms with van der Waals surface area (Å²) in [6, 6.07) is 13.6. The first kappa shape index (κ1) is 20.3. The first-order valence-corrected chi connectivity index (χ1v) is 15.4. The summed E-state index contributed by atoms with van der Waals surface area (Å²) in [5.74, 6) is 0.537. The van der Waals surface area contributed by atoms with Crippen LogP contribution in [-0.2, 0) is 5.88 Å². The number of allylic oxidation sites excluding steroid dienone is 5. The topological polar surface area (TPSA) is 6.25 Å². The van der Waals surface area contributed by atoms with Gasteiger partial charge in [0.05, 0.1) is 6.42 Å². The maximum Gasteiger partial charge on any atom is 0.199 e. The smallest absolute Gasteiger partial charge is 0.199 e. The Kier molecular flexibility index (Phi) is 4.81. The molecule has 1 aliphatic carbocycles. The molecule has 6 rings (SSSR count). The molecule has 3 aliphatic heterocycles. The molecule has 3 heterocycles. The number of hydrogen-bond acceptors (Lipinski definition) is 1. The number of fused-ring (bicyclic) bond motifs is 2. The molecule has 2 fully saturated rings. The van der Waals surface area contributed by atoms with E-state index in [1.165, 1.54) is 65.2 Å². The Bertz CT molecular complexity index is 1240. The maximum absolute atomic E-state index is 6.39. The molecule has 32 heavy (non-hydrogen) atoms. The van der Waals surface area contributed by atoms with Crippen molar-refractivity contribution in [1.29, 1.82) is 0 Å². The number of rotatable bonds is 3. The van der Waals surface area contributed by atoms with E-state index in [1.54, 1.807) is 10.4 Å². The Balaban J connectivity index is 1.59. The van der Waals surface area contributed by atoms with E-state index in [0.717, 1.165) is 13.1 Å². The standard InChI is InChI=1S/C28H30ClN2Si/c1-32(2)27-17-22(30-11-5-12-30)10-9-20(27)15-26-25(24-8-4-3-7-21(24)19-29)16-23(18-28(26)32)31-13-6-14-31/h3-4,7-10,15-18H,5-6,11-14,19H2,1-2H3/q+1.